The van der Waals surface area contributed by atoms with Crippen molar-refractivity contribution in [3.63, 3.8) is 0 Å². The highest BCUT2D eigenvalue weighted by molar-refractivity contribution is 6.32. The molecule has 2 aromatic carbocycles. The maximum atomic E-state index is 10.4. The van der Waals surface area contributed by atoms with E-state index in [0.29, 0.717) is 10.8 Å². The molecule has 0 aliphatic carbocycles. The molecular weight excluding hydrogens is 248 g/mol. The van der Waals surface area contributed by atoms with Crippen LogP contribution in [0.4, 0.5) is 0 Å². The lowest BCUT2D eigenvalue weighted by molar-refractivity contribution is 0.00764. The molecule has 3 heteroatoms. The van der Waals surface area contributed by atoms with E-state index < -0.39 is 5.60 Å². The smallest absolute Gasteiger partial charge is 0.138 e. The van der Waals surface area contributed by atoms with Crippen molar-refractivity contribution in [3.8, 4) is 5.75 Å². The predicted octanol–water partition coefficient (Wildman–Crippen LogP) is 3.63. The second kappa shape index (κ2) is 5.42. The third-order valence-electron chi connectivity index (χ3n) is 2.74. The molecule has 1 atom stereocenters. The Morgan fingerprint density at radius 2 is 1.67 bits per heavy atom. The Hall–Kier alpha value is -1.51. The largest absolute Gasteiger partial charge is 0.489 e. The van der Waals surface area contributed by atoms with E-state index in [1.165, 1.54) is 0 Å². The van der Waals surface area contributed by atoms with Gasteiger partial charge in [-0.2, -0.15) is 0 Å². The average Bonchev–Trinajstić information content (AvgIpc) is 2.39. The van der Waals surface area contributed by atoms with Gasteiger partial charge in [0.2, 0.25) is 0 Å². The third-order valence-corrected chi connectivity index (χ3v) is 3.05. The third kappa shape index (κ3) is 3.03. The molecule has 0 amide bonds. The van der Waals surface area contributed by atoms with E-state index in [4.69, 9.17) is 16.3 Å². The van der Waals surface area contributed by atoms with Gasteiger partial charge >= 0.3 is 0 Å². The van der Waals surface area contributed by atoms with Crippen LogP contribution in [0.25, 0.3) is 0 Å². The summed E-state index contributed by atoms with van der Waals surface area (Å²) >= 11 is 5.99. The van der Waals surface area contributed by atoms with Gasteiger partial charge in [0.05, 0.1) is 5.02 Å². The number of aliphatic hydroxyl groups is 1. The lowest BCUT2D eigenvalue weighted by Gasteiger charge is -2.24. The SMILES string of the molecule is CC(O)(COc1ccccc1Cl)c1ccccc1. The fourth-order valence-electron chi connectivity index (χ4n) is 1.66. The van der Waals surface area contributed by atoms with E-state index in [2.05, 4.69) is 0 Å². The molecule has 94 valence electrons. The quantitative estimate of drug-likeness (QED) is 0.912. The zero-order valence-electron chi connectivity index (χ0n) is 10.1. The van der Waals surface area contributed by atoms with Crippen LogP contribution in [0.3, 0.4) is 0 Å². The van der Waals surface area contributed by atoms with E-state index in [0.717, 1.165) is 5.56 Å². The Morgan fingerprint density at radius 1 is 1.06 bits per heavy atom. The summed E-state index contributed by atoms with van der Waals surface area (Å²) in [5.74, 6) is 0.579. The lowest BCUT2D eigenvalue weighted by Crippen LogP contribution is -2.29. The van der Waals surface area contributed by atoms with Crippen molar-refractivity contribution in [3.05, 3.63) is 65.2 Å². The normalized spacial score (nSPS) is 13.9. The van der Waals surface area contributed by atoms with E-state index >= 15 is 0 Å². The van der Waals surface area contributed by atoms with Crippen LogP contribution in [0.15, 0.2) is 54.6 Å². The number of hydrogen-bond acceptors (Lipinski definition) is 2. The van der Waals surface area contributed by atoms with Crippen molar-refractivity contribution in [2.75, 3.05) is 6.61 Å². The van der Waals surface area contributed by atoms with Gasteiger partial charge in [0.15, 0.2) is 0 Å². The summed E-state index contributed by atoms with van der Waals surface area (Å²) in [4.78, 5) is 0. The molecule has 0 bridgehead atoms. The highest BCUT2D eigenvalue weighted by atomic mass is 35.5. The minimum Gasteiger partial charge on any atom is -0.489 e. The number of ether oxygens (including phenoxy) is 1. The predicted molar refractivity (Wildman–Crippen MR) is 73.0 cm³/mol. The van der Waals surface area contributed by atoms with Gasteiger partial charge in [0.1, 0.15) is 18.0 Å². The minimum atomic E-state index is -1.04. The highest BCUT2D eigenvalue weighted by Gasteiger charge is 2.24. The highest BCUT2D eigenvalue weighted by Crippen LogP contribution is 2.26. The number of benzene rings is 2. The first-order chi connectivity index (χ1) is 8.59. The number of hydrogen-bond donors (Lipinski definition) is 1. The van der Waals surface area contributed by atoms with Gasteiger partial charge in [-0.1, -0.05) is 54.1 Å². The molecule has 18 heavy (non-hydrogen) atoms. The zero-order valence-corrected chi connectivity index (χ0v) is 10.9. The summed E-state index contributed by atoms with van der Waals surface area (Å²) in [6.07, 6.45) is 0. The molecule has 1 unspecified atom stereocenters. The molecule has 0 fully saturated rings. The van der Waals surface area contributed by atoms with E-state index in [1.54, 1.807) is 19.1 Å². The molecule has 0 aliphatic heterocycles. The van der Waals surface area contributed by atoms with Crippen LogP contribution < -0.4 is 4.74 Å². The van der Waals surface area contributed by atoms with Crippen molar-refractivity contribution in [2.45, 2.75) is 12.5 Å². The summed E-state index contributed by atoms with van der Waals surface area (Å²) in [6.45, 7) is 1.87. The summed E-state index contributed by atoms with van der Waals surface area (Å²) in [5.41, 5.74) is -0.225. The molecule has 0 saturated carbocycles. The molecule has 0 radical (unpaired) electrons. The fraction of sp³-hybridized carbons (Fsp3) is 0.200. The lowest BCUT2D eigenvalue weighted by atomic mass is 9.97. The number of rotatable bonds is 4. The van der Waals surface area contributed by atoms with Crippen LogP contribution in [0.1, 0.15) is 12.5 Å². The van der Waals surface area contributed by atoms with Gasteiger partial charge in [0, 0.05) is 0 Å². The first-order valence-electron chi connectivity index (χ1n) is 5.75. The molecule has 2 aromatic rings. The zero-order chi connectivity index (χ0) is 13.0. The summed E-state index contributed by atoms with van der Waals surface area (Å²) in [6, 6.07) is 16.7. The van der Waals surface area contributed by atoms with Gasteiger partial charge in [-0.3, -0.25) is 0 Å². The van der Waals surface area contributed by atoms with Crippen molar-refractivity contribution in [1.29, 1.82) is 0 Å². The van der Waals surface area contributed by atoms with Crippen molar-refractivity contribution >= 4 is 11.6 Å². The topological polar surface area (TPSA) is 29.5 Å². The molecule has 1 N–H and O–H groups in total. The van der Waals surface area contributed by atoms with Gasteiger partial charge < -0.3 is 9.84 Å². The fourth-order valence-corrected chi connectivity index (χ4v) is 1.85. The molecule has 0 saturated heterocycles. The Labute approximate surface area is 112 Å². The van der Waals surface area contributed by atoms with Crippen LogP contribution in [0.5, 0.6) is 5.75 Å². The average molecular weight is 263 g/mol. The van der Waals surface area contributed by atoms with Crippen molar-refractivity contribution in [2.24, 2.45) is 0 Å². The second-order valence-electron chi connectivity index (χ2n) is 4.36. The maximum Gasteiger partial charge on any atom is 0.138 e. The van der Waals surface area contributed by atoms with Crippen LogP contribution in [0.2, 0.25) is 5.02 Å². The summed E-state index contributed by atoms with van der Waals surface area (Å²) < 4.78 is 5.57. The number of halogens is 1. The van der Waals surface area contributed by atoms with Gasteiger partial charge in [0.25, 0.3) is 0 Å². The van der Waals surface area contributed by atoms with Crippen molar-refractivity contribution < 1.29 is 9.84 Å². The van der Waals surface area contributed by atoms with Crippen molar-refractivity contribution in [1.82, 2.24) is 0 Å². The van der Waals surface area contributed by atoms with Gasteiger partial charge in [-0.15, -0.1) is 0 Å². The Balaban J connectivity index is 2.08. The van der Waals surface area contributed by atoms with Crippen LogP contribution in [-0.4, -0.2) is 11.7 Å². The first kappa shape index (κ1) is 12.9. The minimum absolute atomic E-state index is 0.154. The molecule has 2 nitrogen and oxygen atoms in total. The monoisotopic (exact) mass is 262 g/mol. The Bertz CT molecular complexity index is 509. The first-order valence-corrected chi connectivity index (χ1v) is 6.12. The van der Waals surface area contributed by atoms with E-state index in [9.17, 15) is 5.11 Å². The molecule has 2 rings (SSSR count). The molecular formula is C15H15ClO2. The molecule has 0 heterocycles. The second-order valence-corrected chi connectivity index (χ2v) is 4.77. The van der Waals surface area contributed by atoms with Gasteiger partial charge in [-0.25, -0.2) is 0 Å². The Kier molecular flexibility index (Phi) is 3.90. The molecule has 0 spiro atoms. The van der Waals surface area contributed by atoms with Gasteiger partial charge in [-0.05, 0) is 24.6 Å². The van der Waals surface area contributed by atoms with Crippen LogP contribution in [-0.2, 0) is 5.60 Å². The van der Waals surface area contributed by atoms with E-state index in [-0.39, 0.29) is 6.61 Å². The molecule has 0 aliphatic rings. The molecule has 0 aromatic heterocycles. The van der Waals surface area contributed by atoms with Crippen LogP contribution >= 0.6 is 11.6 Å². The summed E-state index contributed by atoms with van der Waals surface area (Å²) in [5, 5.41) is 10.9. The van der Waals surface area contributed by atoms with E-state index in [1.807, 2.05) is 42.5 Å². The maximum absolute atomic E-state index is 10.4. The summed E-state index contributed by atoms with van der Waals surface area (Å²) in [7, 11) is 0. The van der Waals surface area contributed by atoms with Crippen LogP contribution in [0, 0.1) is 0 Å². The standard InChI is InChI=1S/C15H15ClO2/c1-15(17,12-7-3-2-4-8-12)11-18-14-10-6-5-9-13(14)16/h2-10,17H,11H2,1H3. The Morgan fingerprint density at radius 3 is 2.33 bits per heavy atom. The number of para-hydroxylation sites is 1.